The van der Waals surface area contributed by atoms with Crippen molar-refractivity contribution in [2.75, 3.05) is 18.0 Å². The summed E-state index contributed by atoms with van der Waals surface area (Å²) in [5.74, 6) is 4.56. The molecule has 1 aromatic rings. The van der Waals surface area contributed by atoms with Crippen molar-refractivity contribution >= 4 is 11.6 Å². The van der Waals surface area contributed by atoms with Crippen molar-refractivity contribution in [2.24, 2.45) is 0 Å². The van der Waals surface area contributed by atoms with Gasteiger partial charge in [0.2, 0.25) is 0 Å². The third kappa shape index (κ3) is 3.47. The van der Waals surface area contributed by atoms with Crippen molar-refractivity contribution in [3.8, 4) is 11.8 Å². The van der Waals surface area contributed by atoms with Crippen LogP contribution in [0.15, 0.2) is 24.3 Å². The van der Waals surface area contributed by atoms with Crippen LogP contribution in [0.5, 0.6) is 0 Å². The number of hydrogen-bond acceptors (Lipinski definition) is 2. The fourth-order valence-electron chi connectivity index (χ4n) is 2.36. The van der Waals surface area contributed by atoms with Gasteiger partial charge in [0.25, 0.3) is 5.91 Å². The van der Waals surface area contributed by atoms with E-state index in [0.717, 1.165) is 19.4 Å². The van der Waals surface area contributed by atoms with Crippen molar-refractivity contribution in [1.82, 2.24) is 5.32 Å². The zero-order valence-electron chi connectivity index (χ0n) is 10.9. The minimum absolute atomic E-state index is 0.0294. The summed E-state index contributed by atoms with van der Waals surface area (Å²) in [4.78, 5) is 13.4. The van der Waals surface area contributed by atoms with Gasteiger partial charge < -0.3 is 10.2 Å². The van der Waals surface area contributed by atoms with Crippen LogP contribution < -0.4 is 10.2 Å². The van der Waals surface area contributed by atoms with Crippen LogP contribution in [0.4, 0.5) is 10.1 Å². The number of nitrogens with zero attached hydrogens (tertiary/aromatic N) is 1. The maximum atomic E-state index is 13.7. The summed E-state index contributed by atoms with van der Waals surface area (Å²) < 4.78 is 13.7. The lowest BCUT2D eigenvalue weighted by Crippen LogP contribution is -2.47. The lowest BCUT2D eigenvalue weighted by Gasteiger charge is -2.34. The third-order valence-electron chi connectivity index (χ3n) is 3.19. The van der Waals surface area contributed by atoms with Crippen LogP contribution in [0.2, 0.25) is 0 Å². The molecule has 1 fully saturated rings. The monoisotopic (exact) mass is 260 g/mol. The summed E-state index contributed by atoms with van der Waals surface area (Å²) in [5.41, 5.74) is 0.600. The molecule has 2 rings (SSSR count). The summed E-state index contributed by atoms with van der Waals surface area (Å²) in [6.45, 7) is 3.07. The average molecular weight is 260 g/mol. The number of amides is 1. The van der Waals surface area contributed by atoms with Crippen LogP contribution >= 0.6 is 0 Å². The molecular formula is C15H17FN2O. The minimum Gasteiger partial charge on any atom is -0.367 e. The van der Waals surface area contributed by atoms with E-state index in [0.29, 0.717) is 12.2 Å². The van der Waals surface area contributed by atoms with Crippen molar-refractivity contribution in [1.29, 1.82) is 0 Å². The van der Waals surface area contributed by atoms with E-state index in [9.17, 15) is 9.18 Å². The third-order valence-corrected chi connectivity index (χ3v) is 3.19. The van der Waals surface area contributed by atoms with Crippen molar-refractivity contribution < 1.29 is 9.18 Å². The van der Waals surface area contributed by atoms with Gasteiger partial charge in [-0.3, -0.25) is 4.79 Å². The Hall–Kier alpha value is -2.02. The van der Waals surface area contributed by atoms with Gasteiger partial charge in [-0.15, -0.1) is 0 Å². The Kier molecular flexibility index (Phi) is 4.40. The number of carbonyl (C=O) groups excluding carboxylic acids is 1. The zero-order valence-corrected chi connectivity index (χ0v) is 10.9. The Labute approximate surface area is 112 Å². The molecular weight excluding hydrogens is 243 g/mol. The Bertz CT molecular complexity index is 518. The lowest BCUT2D eigenvalue weighted by atomic mass is 10.0. The number of benzene rings is 1. The number of para-hydroxylation sites is 1. The summed E-state index contributed by atoms with van der Waals surface area (Å²) in [7, 11) is 0. The highest BCUT2D eigenvalue weighted by Gasteiger charge is 2.22. The Balaban J connectivity index is 2.03. The number of hydrogen-bond donors (Lipinski definition) is 1. The van der Waals surface area contributed by atoms with Gasteiger partial charge in [0.05, 0.1) is 5.69 Å². The van der Waals surface area contributed by atoms with E-state index in [1.165, 1.54) is 6.07 Å². The first-order chi connectivity index (χ1) is 9.20. The van der Waals surface area contributed by atoms with Gasteiger partial charge in [0, 0.05) is 19.1 Å². The average Bonchev–Trinajstić information content (AvgIpc) is 2.40. The first-order valence-electron chi connectivity index (χ1n) is 6.43. The molecule has 0 bridgehead atoms. The largest absolute Gasteiger partial charge is 0.367 e. The highest BCUT2D eigenvalue weighted by atomic mass is 19.1. The van der Waals surface area contributed by atoms with E-state index in [2.05, 4.69) is 17.2 Å². The van der Waals surface area contributed by atoms with Crippen molar-refractivity contribution in [3.63, 3.8) is 0 Å². The van der Waals surface area contributed by atoms with Crippen molar-refractivity contribution in [3.05, 3.63) is 30.1 Å². The van der Waals surface area contributed by atoms with E-state index in [1.54, 1.807) is 19.1 Å². The number of anilines is 1. The fraction of sp³-hybridized carbons (Fsp3) is 0.400. The normalized spacial score (nSPS) is 18.4. The van der Waals surface area contributed by atoms with Crippen LogP contribution in [0.3, 0.4) is 0 Å². The van der Waals surface area contributed by atoms with Crippen LogP contribution in [0, 0.1) is 17.7 Å². The minimum atomic E-state index is -0.261. The number of nitrogens with one attached hydrogen (secondary N) is 1. The first kappa shape index (κ1) is 13.4. The molecule has 1 aliphatic heterocycles. The summed E-state index contributed by atoms with van der Waals surface area (Å²) in [5, 5.41) is 2.86. The van der Waals surface area contributed by atoms with Gasteiger partial charge in [-0.05, 0) is 37.8 Å². The molecule has 1 aliphatic rings. The summed E-state index contributed by atoms with van der Waals surface area (Å²) in [6, 6.07) is 6.76. The number of rotatable bonds is 2. The van der Waals surface area contributed by atoms with E-state index in [-0.39, 0.29) is 17.8 Å². The second-order valence-electron chi connectivity index (χ2n) is 4.59. The maximum absolute atomic E-state index is 13.7. The predicted octanol–water partition coefficient (Wildman–Crippen LogP) is 1.93. The standard InChI is InChI=1S/C15H17FN2O/c1-2-6-15(19)17-12-7-5-10-18(11-12)14-9-4-3-8-13(14)16/h3-4,8-9,12H,5,7,10-11H2,1H3,(H,17,19)/t12-/m0/s1. The Morgan fingerprint density at radius 2 is 2.26 bits per heavy atom. The Morgan fingerprint density at radius 3 is 3.00 bits per heavy atom. The number of halogens is 1. The van der Waals surface area contributed by atoms with Crippen LogP contribution in [-0.2, 0) is 4.79 Å². The topological polar surface area (TPSA) is 32.3 Å². The lowest BCUT2D eigenvalue weighted by molar-refractivity contribution is -0.116. The van der Waals surface area contributed by atoms with Gasteiger partial charge in [-0.1, -0.05) is 18.1 Å². The molecule has 1 amide bonds. The molecule has 1 heterocycles. The van der Waals surface area contributed by atoms with E-state index in [1.807, 2.05) is 11.0 Å². The van der Waals surface area contributed by atoms with E-state index in [4.69, 9.17) is 0 Å². The van der Waals surface area contributed by atoms with Crippen LogP contribution in [-0.4, -0.2) is 25.0 Å². The molecule has 100 valence electrons. The zero-order chi connectivity index (χ0) is 13.7. The molecule has 1 N–H and O–H groups in total. The molecule has 1 aromatic carbocycles. The van der Waals surface area contributed by atoms with E-state index >= 15 is 0 Å². The molecule has 3 nitrogen and oxygen atoms in total. The highest BCUT2D eigenvalue weighted by Crippen LogP contribution is 2.22. The maximum Gasteiger partial charge on any atom is 0.296 e. The van der Waals surface area contributed by atoms with Gasteiger partial charge in [-0.2, -0.15) is 0 Å². The predicted molar refractivity (Wildman–Crippen MR) is 73.2 cm³/mol. The number of carbonyl (C=O) groups is 1. The molecule has 4 heteroatoms. The SMILES string of the molecule is CC#CC(=O)N[C@H]1CCCN(c2ccccc2F)C1. The van der Waals surface area contributed by atoms with Crippen molar-refractivity contribution in [2.45, 2.75) is 25.8 Å². The highest BCUT2D eigenvalue weighted by molar-refractivity contribution is 5.93. The van der Waals surface area contributed by atoms with Gasteiger partial charge >= 0.3 is 0 Å². The molecule has 0 unspecified atom stereocenters. The second kappa shape index (κ2) is 6.24. The quantitative estimate of drug-likeness (QED) is 0.824. The van der Waals surface area contributed by atoms with Gasteiger partial charge in [0.15, 0.2) is 0 Å². The molecule has 0 radical (unpaired) electrons. The summed E-state index contributed by atoms with van der Waals surface area (Å²) in [6.07, 6.45) is 1.83. The second-order valence-corrected chi connectivity index (χ2v) is 4.59. The molecule has 19 heavy (non-hydrogen) atoms. The Morgan fingerprint density at radius 1 is 1.47 bits per heavy atom. The molecule has 0 aliphatic carbocycles. The molecule has 0 aromatic heterocycles. The molecule has 0 saturated carbocycles. The van der Waals surface area contributed by atoms with Crippen LogP contribution in [0.1, 0.15) is 19.8 Å². The van der Waals surface area contributed by atoms with Gasteiger partial charge in [-0.25, -0.2) is 4.39 Å². The fourth-order valence-corrected chi connectivity index (χ4v) is 2.36. The van der Waals surface area contributed by atoms with Gasteiger partial charge in [0.1, 0.15) is 5.82 Å². The van der Waals surface area contributed by atoms with E-state index < -0.39 is 0 Å². The van der Waals surface area contributed by atoms with Crippen LogP contribution in [0.25, 0.3) is 0 Å². The smallest absolute Gasteiger partial charge is 0.296 e. The summed E-state index contributed by atoms with van der Waals surface area (Å²) >= 11 is 0. The molecule has 1 atom stereocenters. The first-order valence-corrected chi connectivity index (χ1v) is 6.43. The molecule has 1 saturated heterocycles. The number of piperidine rings is 1. The molecule has 0 spiro atoms.